The van der Waals surface area contributed by atoms with Gasteiger partial charge in [0, 0.05) is 17.6 Å². The Morgan fingerprint density at radius 3 is 2.27 bits per heavy atom. The highest BCUT2D eigenvalue weighted by Gasteiger charge is 2.29. The van der Waals surface area contributed by atoms with E-state index in [0.717, 1.165) is 5.56 Å². The van der Waals surface area contributed by atoms with Crippen LogP contribution in [0.4, 0.5) is 18.9 Å². The van der Waals surface area contributed by atoms with E-state index in [0.29, 0.717) is 34.4 Å². The van der Waals surface area contributed by atoms with Crippen molar-refractivity contribution in [2.45, 2.75) is 38.9 Å². The number of alkyl halides is 3. The third-order valence-corrected chi connectivity index (χ3v) is 4.96. The lowest BCUT2D eigenvalue weighted by atomic mass is 9.85. The lowest BCUT2D eigenvalue weighted by Crippen LogP contribution is -2.20. The summed E-state index contributed by atoms with van der Waals surface area (Å²) in [4.78, 5) is 16.0. The summed E-state index contributed by atoms with van der Waals surface area (Å²) in [6.07, 6.45) is -4.49. The summed E-state index contributed by atoms with van der Waals surface area (Å²) in [5, 5.41) is 13.2. The molecule has 2 N–H and O–H groups in total. The molecule has 0 unspecified atom stereocenters. The summed E-state index contributed by atoms with van der Waals surface area (Å²) in [7, 11) is 1.56. The molecule has 3 aromatic rings. The highest BCUT2D eigenvalue weighted by molar-refractivity contribution is 5.99. The SMILES string of the molecule is COc1ccc(CNc2cc(C(=O)O)nc3c(C(C)(C)C)cc(OCC(F)(F)F)cc23)cc1. The number of anilines is 1. The molecule has 3 rings (SSSR count). The zero-order chi connectivity index (χ0) is 24.4. The number of hydrogen-bond acceptors (Lipinski definition) is 5. The molecule has 0 fully saturated rings. The lowest BCUT2D eigenvalue weighted by Gasteiger charge is -2.23. The molecule has 0 spiro atoms. The molecule has 1 heterocycles. The second kappa shape index (κ2) is 9.17. The van der Waals surface area contributed by atoms with Crippen molar-refractivity contribution in [3.63, 3.8) is 0 Å². The van der Waals surface area contributed by atoms with Gasteiger partial charge in [-0.3, -0.25) is 0 Å². The summed E-state index contributed by atoms with van der Waals surface area (Å²) < 4.78 is 48.4. The van der Waals surface area contributed by atoms with E-state index in [2.05, 4.69) is 10.3 Å². The first kappa shape index (κ1) is 24.2. The first-order valence-electron chi connectivity index (χ1n) is 10.2. The summed E-state index contributed by atoms with van der Waals surface area (Å²) in [6, 6.07) is 11.6. The molecule has 0 aliphatic rings. The number of nitrogens with one attached hydrogen (secondary N) is 1. The van der Waals surface area contributed by atoms with Gasteiger partial charge in [-0.2, -0.15) is 13.2 Å². The van der Waals surface area contributed by atoms with Crippen LogP contribution >= 0.6 is 0 Å². The minimum Gasteiger partial charge on any atom is -0.497 e. The number of pyridine rings is 1. The Morgan fingerprint density at radius 1 is 1.06 bits per heavy atom. The first-order valence-corrected chi connectivity index (χ1v) is 10.2. The molecule has 0 aliphatic heterocycles. The molecule has 0 aliphatic carbocycles. The average molecular weight is 462 g/mol. The minimum atomic E-state index is -4.49. The van der Waals surface area contributed by atoms with Crippen LogP contribution in [0.1, 0.15) is 42.4 Å². The number of benzene rings is 2. The highest BCUT2D eigenvalue weighted by atomic mass is 19.4. The summed E-state index contributed by atoms with van der Waals surface area (Å²) in [6.45, 7) is 4.52. The number of carboxylic acids is 1. The van der Waals surface area contributed by atoms with Crippen LogP contribution in [0.5, 0.6) is 11.5 Å². The normalized spacial score (nSPS) is 12.0. The fraction of sp³-hybridized carbons (Fsp3) is 0.333. The van der Waals surface area contributed by atoms with Gasteiger partial charge in [-0.25, -0.2) is 9.78 Å². The molecule has 0 amide bonds. The molecule has 0 saturated carbocycles. The molecule has 0 saturated heterocycles. The van der Waals surface area contributed by atoms with Gasteiger partial charge in [-0.05, 0) is 46.9 Å². The largest absolute Gasteiger partial charge is 0.497 e. The van der Waals surface area contributed by atoms with Gasteiger partial charge in [0.15, 0.2) is 12.3 Å². The van der Waals surface area contributed by atoms with E-state index in [9.17, 15) is 23.1 Å². The molecule has 1 aromatic heterocycles. The van der Waals surface area contributed by atoms with E-state index in [1.165, 1.54) is 18.2 Å². The van der Waals surface area contributed by atoms with Crippen LogP contribution in [0, 0.1) is 0 Å². The molecular weight excluding hydrogens is 437 g/mol. The predicted octanol–water partition coefficient (Wildman–Crippen LogP) is 5.79. The van der Waals surface area contributed by atoms with Crippen LogP contribution in [-0.4, -0.2) is 36.0 Å². The Labute approximate surface area is 189 Å². The van der Waals surface area contributed by atoms with Crippen molar-refractivity contribution < 1.29 is 32.5 Å². The second-order valence-electron chi connectivity index (χ2n) is 8.58. The lowest BCUT2D eigenvalue weighted by molar-refractivity contribution is -0.153. The molecule has 0 radical (unpaired) electrons. The third-order valence-electron chi connectivity index (χ3n) is 4.96. The predicted molar refractivity (Wildman–Crippen MR) is 119 cm³/mol. The quantitative estimate of drug-likeness (QED) is 0.463. The summed E-state index contributed by atoms with van der Waals surface area (Å²) in [5.41, 5.74) is 1.59. The van der Waals surface area contributed by atoms with E-state index in [1.54, 1.807) is 19.2 Å². The van der Waals surface area contributed by atoms with E-state index in [-0.39, 0.29) is 11.4 Å². The van der Waals surface area contributed by atoms with Gasteiger partial charge in [0.25, 0.3) is 0 Å². The number of carbonyl (C=O) groups is 1. The van der Waals surface area contributed by atoms with Gasteiger partial charge in [0.2, 0.25) is 0 Å². The number of hydrogen-bond donors (Lipinski definition) is 2. The molecule has 0 atom stereocenters. The van der Waals surface area contributed by atoms with E-state index in [1.807, 2.05) is 32.9 Å². The maximum Gasteiger partial charge on any atom is 0.422 e. The zero-order valence-electron chi connectivity index (χ0n) is 18.7. The van der Waals surface area contributed by atoms with Gasteiger partial charge in [-0.15, -0.1) is 0 Å². The van der Waals surface area contributed by atoms with Gasteiger partial charge in [-0.1, -0.05) is 32.9 Å². The number of halogens is 3. The van der Waals surface area contributed by atoms with Gasteiger partial charge >= 0.3 is 12.1 Å². The average Bonchev–Trinajstić information content (AvgIpc) is 2.74. The molecular formula is C24H25F3N2O4. The fourth-order valence-corrected chi connectivity index (χ4v) is 3.32. The molecule has 33 heavy (non-hydrogen) atoms. The fourth-order valence-electron chi connectivity index (χ4n) is 3.32. The number of rotatable bonds is 7. The van der Waals surface area contributed by atoms with Crippen molar-refractivity contribution in [2.75, 3.05) is 19.0 Å². The van der Waals surface area contributed by atoms with Crippen LogP contribution in [0.15, 0.2) is 42.5 Å². The van der Waals surface area contributed by atoms with Gasteiger partial charge < -0.3 is 19.9 Å². The summed E-state index contributed by atoms with van der Waals surface area (Å²) in [5.74, 6) is -0.480. The number of carboxylic acid groups (broad SMARTS) is 1. The Kier molecular flexibility index (Phi) is 6.71. The van der Waals surface area contributed by atoms with E-state index < -0.39 is 24.2 Å². The van der Waals surface area contributed by atoms with E-state index in [4.69, 9.17) is 9.47 Å². The maximum atomic E-state index is 12.7. The topological polar surface area (TPSA) is 80.7 Å². The van der Waals surface area contributed by atoms with Crippen molar-refractivity contribution in [1.29, 1.82) is 0 Å². The van der Waals surface area contributed by atoms with Crippen molar-refractivity contribution in [3.05, 3.63) is 59.3 Å². The van der Waals surface area contributed by atoms with Crippen LogP contribution in [0.3, 0.4) is 0 Å². The Balaban J connectivity index is 2.11. The van der Waals surface area contributed by atoms with Gasteiger partial charge in [0.1, 0.15) is 11.5 Å². The number of methoxy groups -OCH3 is 1. The highest BCUT2D eigenvalue weighted by Crippen LogP contribution is 2.37. The minimum absolute atomic E-state index is 0.0297. The zero-order valence-corrected chi connectivity index (χ0v) is 18.7. The standard InChI is InChI=1S/C24H25F3N2O4/c1-23(2,3)18-10-16(33-13-24(25,26)27)9-17-19(11-20(22(30)31)29-21(17)18)28-12-14-5-7-15(32-4)8-6-14/h5-11H,12-13H2,1-4H3,(H,28,29)(H,30,31). The van der Waals surface area contributed by atoms with Crippen LogP contribution < -0.4 is 14.8 Å². The number of ether oxygens (including phenoxy) is 2. The number of aromatic carboxylic acids is 1. The van der Waals surface area contributed by atoms with Crippen LogP contribution in [-0.2, 0) is 12.0 Å². The van der Waals surface area contributed by atoms with Crippen LogP contribution in [0.2, 0.25) is 0 Å². The molecule has 176 valence electrons. The van der Waals surface area contributed by atoms with Crippen molar-refractivity contribution in [3.8, 4) is 11.5 Å². The number of aromatic nitrogens is 1. The Bertz CT molecular complexity index is 1150. The Hall–Kier alpha value is -3.49. The third kappa shape index (κ3) is 6.06. The second-order valence-corrected chi connectivity index (χ2v) is 8.58. The van der Waals surface area contributed by atoms with Gasteiger partial charge in [0.05, 0.1) is 12.6 Å². The molecule has 0 bridgehead atoms. The van der Waals surface area contributed by atoms with E-state index >= 15 is 0 Å². The maximum absolute atomic E-state index is 12.7. The monoisotopic (exact) mass is 462 g/mol. The number of fused-ring (bicyclic) bond motifs is 1. The van der Waals surface area contributed by atoms with Crippen molar-refractivity contribution in [1.82, 2.24) is 4.98 Å². The summed E-state index contributed by atoms with van der Waals surface area (Å²) >= 11 is 0. The van der Waals surface area contributed by atoms with Crippen LogP contribution in [0.25, 0.3) is 10.9 Å². The smallest absolute Gasteiger partial charge is 0.422 e. The van der Waals surface area contributed by atoms with Crippen molar-refractivity contribution in [2.24, 2.45) is 0 Å². The molecule has 9 heteroatoms. The molecule has 2 aromatic carbocycles. The first-order chi connectivity index (χ1) is 15.4. The Morgan fingerprint density at radius 2 is 1.73 bits per heavy atom. The molecule has 6 nitrogen and oxygen atoms in total. The number of nitrogens with zero attached hydrogens (tertiary/aromatic N) is 1. The van der Waals surface area contributed by atoms with Crippen molar-refractivity contribution >= 4 is 22.6 Å².